The third kappa shape index (κ3) is 0.583. The smallest absolute Gasteiger partial charge is 0.0829 e. The Labute approximate surface area is 75.7 Å². The summed E-state index contributed by atoms with van der Waals surface area (Å²) >= 11 is 2.44. The van der Waals surface area contributed by atoms with Crippen LogP contribution in [0.5, 0.6) is 0 Å². The zero-order valence-electron chi connectivity index (χ0n) is 6.48. The minimum absolute atomic E-state index is 0.262. The van der Waals surface area contributed by atoms with Crippen molar-refractivity contribution in [2.75, 3.05) is 11.0 Å². The van der Waals surface area contributed by atoms with Crippen molar-refractivity contribution in [2.45, 2.75) is 25.9 Å². The van der Waals surface area contributed by atoms with Gasteiger partial charge in [0.2, 0.25) is 0 Å². The summed E-state index contributed by atoms with van der Waals surface area (Å²) in [4.78, 5) is 0. The molecule has 3 aliphatic rings. The lowest BCUT2D eigenvalue weighted by Crippen LogP contribution is -2.55. The number of alkyl halides is 1. The van der Waals surface area contributed by atoms with E-state index >= 15 is 0 Å². The van der Waals surface area contributed by atoms with Crippen LogP contribution in [0.1, 0.15) is 20.3 Å². The Bertz CT molecular complexity index is 163. The molecule has 3 fully saturated rings. The Hall–Kier alpha value is 0.690. The average molecular weight is 252 g/mol. The fourth-order valence-electron chi connectivity index (χ4n) is 2.19. The zero-order valence-corrected chi connectivity index (χ0v) is 8.64. The van der Waals surface area contributed by atoms with Crippen LogP contribution in [0.3, 0.4) is 0 Å². The van der Waals surface area contributed by atoms with Gasteiger partial charge in [0, 0.05) is 4.43 Å². The molecule has 1 aliphatic carbocycles. The molecule has 0 aromatic heterocycles. The molecule has 3 rings (SSSR count). The molecule has 1 nitrogen and oxygen atoms in total. The lowest BCUT2D eigenvalue weighted by Gasteiger charge is -2.51. The number of rotatable bonds is 1. The van der Waals surface area contributed by atoms with Crippen molar-refractivity contribution in [3.05, 3.63) is 0 Å². The maximum Gasteiger partial charge on any atom is 0.0829 e. The van der Waals surface area contributed by atoms with Gasteiger partial charge in [0.1, 0.15) is 0 Å². The topological polar surface area (TPSA) is 9.23 Å². The van der Waals surface area contributed by atoms with Crippen molar-refractivity contribution in [1.82, 2.24) is 0 Å². The molecule has 10 heavy (non-hydrogen) atoms. The van der Waals surface area contributed by atoms with Gasteiger partial charge in [0.25, 0.3) is 0 Å². The van der Waals surface area contributed by atoms with Crippen LogP contribution in [-0.4, -0.2) is 16.6 Å². The highest BCUT2D eigenvalue weighted by Gasteiger charge is 2.65. The molecule has 2 atom stereocenters. The minimum Gasteiger partial charge on any atom is -0.373 e. The molecule has 0 amide bonds. The number of hydrogen-bond acceptors (Lipinski definition) is 1. The average Bonchev–Trinajstić information content (AvgIpc) is 2.41. The molecule has 2 bridgehead atoms. The minimum atomic E-state index is 0.262. The molecule has 2 aliphatic heterocycles. The summed E-state index contributed by atoms with van der Waals surface area (Å²) in [6.45, 7) is 5.69. The molecule has 2 heteroatoms. The summed E-state index contributed by atoms with van der Waals surface area (Å²) in [5.41, 5.74) is 0.729. The first kappa shape index (κ1) is 7.35. The highest BCUT2D eigenvalue weighted by atomic mass is 127. The van der Waals surface area contributed by atoms with Gasteiger partial charge < -0.3 is 4.74 Å². The second-order valence-electron chi connectivity index (χ2n) is 4.06. The highest BCUT2D eigenvalue weighted by Crippen LogP contribution is 2.62. The van der Waals surface area contributed by atoms with E-state index in [9.17, 15) is 0 Å². The molecule has 0 aromatic carbocycles. The number of ether oxygens (including phenoxy) is 1. The Kier molecular flexibility index (Phi) is 1.39. The first-order chi connectivity index (χ1) is 4.62. The van der Waals surface area contributed by atoms with Gasteiger partial charge >= 0.3 is 0 Å². The summed E-state index contributed by atoms with van der Waals surface area (Å²) in [6.07, 6.45) is 1.31. The van der Waals surface area contributed by atoms with E-state index in [1.165, 1.54) is 6.42 Å². The van der Waals surface area contributed by atoms with E-state index in [1.54, 1.807) is 0 Å². The first-order valence-corrected chi connectivity index (χ1v) is 5.35. The Morgan fingerprint density at radius 3 is 2.50 bits per heavy atom. The van der Waals surface area contributed by atoms with Gasteiger partial charge in [0.15, 0.2) is 0 Å². The normalized spacial score (nSPS) is 48.9. The van der Waals surface area contributed by atoms with E-state index in [-0.39, 0.29) is 5.60 Å². The van der Waals surface area contributed by atoms with Crippen LogP contribution in [0.25, 0.3) is 0 Å². The van der Waals surface area contributed by atoms with E-state index < -0.39 is 0 Å². The Morgan fingerprint density at radius 1 is 1.60 bits per heavy atom. The van der Waals surface area contributed by atoms with Gasteiger partial charge in [-0.1, -0.05) is 36.4 Å². The largest absolute Gasteiger partial charge is 0.373 e. The second kappa shape index (κ2) is 1.89. The third-order valence-corrected chi connectivity index (χ3v) is 4.78. The summed E-state index contributed by atoms with van der Waals surface area (Å²) in [7, 11) is 0. The lowest BCUT2D eigenvalue weighted by atomic mass is 9.55. The summed E-state index contributed by atoms with van der Waals surface area (Å²) in [6, 6.07) is 0. The van der Waals surface area contributed by atoms with Crippen molar-refractivity contribution < 1.29 is 4.74 Å². The van der Waals surface area contributed by atoms with Crippen molar-refractivity contribution >= 4 is 22.6 Å². The molecular weight excluding hydrogens is 239 g/mol. The van der Waals surface area contributed by atoms with Crippen molar-refractivity contribution in [2.24, 2.45) is 11.3 Å². The molecule has 0 N–H and O–H groups in total. The van der Waals surface area contributed by atoms with Gasteiger partial charge in [-0.2, -0.15) is 0 Å². The Balaban J connectivity index is 2.27. The second-order valence-corrected chi connectivity index (χ2v) is 4.82. The standard InChI is InChI=1S/C8H13IO/c1-7(2)6-3-8(7,5-9)10-4-6/h6H,3-5H2,1-2H3. The van der Waals surface area contributed by atoms with Gasteiger partial charge in [-0.05, 0) is 17.8 Å². The van der Waals surface area contributed by atoms with Gasteiger partial charge in [-0.3, -0.25) is 0 Å². The summed E-state index contributed by atoms with van der Waals surface area (Å²) in [5, 5.41) is 0. The van der Waals surface area contributed by atoms with Crippen LogP contribution >= 0.6 is 22.6 Å². The van der Waals surface area contributed by atoms with Gasteiger partial charge in [-0.25, -0.2) is 0 Å². The van der Waals surface area contributed by atoms with Crippen LogP contribution in [0, 0.1) is 11.3 Å². The predicted molar refractivity (Wildman–Crippen MR) is 49.5 cm³/mol. The maximum atomic E-state index is 5.77. The lowest BCUT2D eigenvalue weighted by molar-refractivity contribution is -0.0817. The molecular formula is C8H13IO. The van der Waals surface area contributed by atoms with Crippen LogP contribution in [0.4, 0.5) is 0 Å². The van der Waals surface area contributed by atoms with Crippen LogP contribution < -0.4 is 0 Å². The zero-order chi connectivity index (χ0) is 7.41. The number of hydrogen-bond donors (Lipinski definition) is 0. The molecule has 1 saturated carbocycles. The van der Waals surface area contributed by atoms with E-state index in [4.69, 9.17) is 4.74 Å². The van der Waals surface area contributed by atoms with Gasteiger partial charge in [0.05, 0.1) is 12.2 Å². The SMILES string of the molecule is CC1(C)C2COC1(CI)C2. The summed E-state index contributed by atoms with van der Waals surface area (Å²) < 4.78 is 6.93. The van der Waals surface area contributed by atoms with Crippen LogP contribution in [0.2, 0.25) is 0 Å². The number of fused-ring (bicyclic) bond motifs is 1. The van der Waals surface area contributed by atoms with Crippen LogP contribution in [0.15, 0.2) is 0 Å². The van der Waals surface area contributed by atoms with Crippen molar-refractivity contribution in [3.8, 4) is 0 Å². The predicted octanol–water partition coefficient (Wildman–Crippen LogP) is 2.24. The van der Waals surface area contributed by atoms with Crippen molar-refractivity contribution in [1.29, 1.82) is 0 Å². The van der Waals surface area contributed by atoms with Crippen LogP contribution in [-0.2, 0) is 4.74 Å². The molecule has 2 saturated heterocycles. The van der Waals surface area contributed by atoms with E-state index in [0.717, 1.165) is 17.0 Å². The maximum absolute atomic E-state index is 5.77. The fraction of sp³-hybridized carbons (Fsp3) is 1.00. The monoisotopic (exact) mass is 252 g/mol. The molecule has 2 unspecified atom stereocenters. The van der Waals surface area contributed by atoms with E-state index in [0.29, 0.717) is 5.41 Å². The molecule has 0 spiro atoms. The summed E-state index contributed by atoms with van der Waals surface area (Å²) in [5.74, 6) is 0.849. The molecule has 0 aromatic rings. The first-order valence-electron chi connectivity index (χ1n) is 3.82. The fourth-order valence-corrected chi connectivity index (χ4v) is 3.71. The molecule has 2 heterocycles. The number of halogens is 1. The molecule has 58 valence electrons. The third-order valence-electron chi connectivity index (χ3n) is 3.55. The van der Waals surface area contributed by atoms with E-state index in [2.05, 4.69) is 36.4 Å². The van der Waals surface area contributed by atoms with Gasteiger partial charge in [-0.15, -0.1) is 0 Å². The van der Waals surface area contributed by atoms with E-state index in [1.807, 2.05) is 0 Å². The van der Waals surface area contributed by atoms with Crippen molar-refractivity contribution in [3.63, 3.8) is 0 Å². The quantitative estimate of drug-likeness (QED) is 0.513. The highest BCUT2D eigenvalue weighted by molar-refractivity contribution is 14.1. The Morgan fingerprint density at radius 2 is 2.30 bits per heavy atom. The molecule has 0 radical (unpaired) electrons.